The maximum atomic E-state index is 13.2. The summed E-state index contributed by atoms with van der Waals surface area (Å²) in [6.45, 7) is 2.61. The second kappa shape index (κ2) is 9.72. The summed E-state index contributed by atoms with van der Waals surface area (Å²) in [5.41, 5.74) is 3.82. The van der Waals surface area contributed by atoms with Gasteiger partial charge in [-0.2, -0.15) is 0 Å². The van der Waals surface area contributed by atoms with Gasteiger partial charge in [-0.05, 0) is 48.4 Å². The van der Waals surface area contributed by atoms with Gasteiger partial charge in [-0.15, -0.1) is 0 Å². The van der Waals surface area contributed by atoms with Gasteiger partial charge in [0.05, 0.1) is 17.2 Å². The highest BCUT2D eigenvalue weighted by Crippen LogP contribution is 2.31. The van der Waals surface area contributed by atoms with Crippen LogP contribution in [-0.4, -0.2) is 32.8 Å². The Labute approximate surface area is 207 Å². The molecule has 5 rings (SSSR count). The van der Waals surface area contributed by atoms with E-state index in [1.54, 1.807) is 17.0 Å². The normalized spacial score (nSPS) is 15.3. The Balaban J connectivity index is 1.40. The van der Waals surface area contributed by atoms with Crippen molar-refractivity contribution in [1.82, 2.24) is 14.9 Å². The average molecular weight is 487 g/mol. The monoisotopic (exact) mass is 486 g/mol. The molecule has 0 radical (unpaired) electrons. The first kappa shape index (κ1) is 22.8. The Bertz CT molecular complexity index is 1420. The molecule has 0 spiro atoms. The van der Waals surface area contributed by atoms with E-state index in [0.717, 1.165) is 16.6 Å². The number of aromatic nitrogens is 2. The van der Waals surface area contributed by atoms with Gasteiger partial charge in [0.2, 0.25) is 0 Å². The average Bonchev–Trinajstić information content (AvgIpc) is 3.01. The van der Waals surface area contributed by atoms with Crippen LogP contribution >= 0.6 is 11.6 Å². The van der Waals surface area contributed by atoms with E-state index in [-0.39, 0.29) is 17.5 Å². The van der Waals surface area contributed by atoms with E-state index >= 15 is 0 Å². The molecule has 1 N–H and O–H groups in total. The lowest BCUT2D eigenvalue weighted by atomic mass is 10.1. The standard InChI is InChI=1S/C27H23ClN4O3/c1-2-24-27(34)32(15-17-7-3-4-8-20(17)28)16-18-13-19(11-12-25(18)35-24)30-26(33)23-14-29-21-9-5-6-10-22(21)31-23/h3-14,24H,2,15-16H2,1H3,(H,30,33). The molecule has 7 nitrogen and oxygen atoms in total. The number of benzene rings is 3. The highest BCUT2D eigenvalue weighted by molar-refractivity contribution is 6.31. The number of para-hydroxylation sites is 2. The van der Waals surface area contributed by atoms with Crippen LogP contribution in [0.15, 0.2) is 72.9 Å². The summed E-state index contributed by atoms with van der Waals surface area (Å²) in [5.74, 6) is 0.157. The minimum absolute atomic E-state index is 0.0966. The minimum Gasteiger partial charge on any atom is -0.480 e. The molecular formula is C27H23ClN4O3. The van der Waals surface area contributed by atoms with Crippen LogP contribution in [0, 0.1) is 0 Å². The highest BCUT2D eigenvalue weighted by Gasteiger charge is 2.30. The zero-order valence-electron chi connectivity index (χ0n) is 19.1. The van der Waals surface area contributed by atoms with Crippen LogP contribution in [0.2, 0.25) is 5.02 Å². The van der Waals surface area contributed by atoms with Gasteiger partial charge < -0.3 is 15.0 Å². The van der Waals surface area contributed by atoms with Gasteiger partial charge in [0.1, 0.15) is 11.4 Å². The maximum Gasteiger partial charge on any atom is 0.275 e. The predicted octanol–water partition coefficient (Wildman–Crippen LogP) is 5.24. The number of hydrogen-bond acceptors (Lipinski definition) is 5. The number of amides is 2. The first-order valence-electron chi connectivity index (χ1n) is 11.4. The number of ether oxygens (including phenoxy) is 1. The van der Waals surface area contributed by atoms with Crippen molar-refractivity contribution in [3.8, 4) is 5.75 Å². The van der Waals surface area contributed by atoms with Crippen molar-refractivity contribution >= 4 is 40.1 Å². The molecule has 4 aromatic rings. The molecule has 3 aromatic carbocycles. The molecule has 0 saturated heterocycles. The summed E-state index contributed by atoms with van der Waals surface area (Å²) in [7, 11) is 0. The van der Waals surface area contributed by atoms with E-state index in [0.29, 0.717) is 41.5 Å². The number of nitrogens with zero attached hydrogens (tertiary/aromatic N) is 3. The number of nitrogens with one attached hydrogen (secondary N) is 1. The molecular weight excluding hydrogens is 464 g/mol. The van der Waals surface area contributed by atoms with Crippen LogP contribution in [0.4, 0.5) is 5.69 Å². The number of rotatable bonds is 5. The first-order chi connectivity index (χ1) is 17.0. The molecule has 1 aliphatic rings. The largest absolute Gasteiger partial charge is 0.480 e. The van der Waals surface area contributed by atoms with Gasteiger partial charge in [0.15, 0.2) is 6.10 Å². The molecule has 0 saturated carbocycles. The quantitative estimate of drug-likeness (QED) is 0.417. The van der Waals surface area contributed by atoms with E-state index in [9.17, 15) is 9.59 Å². The van der Waals surface area contributed by atoms with Gasteiger partial charge in [-0.1, -0.05) is 48.9 Å². The number of carbonyl (C=O) groups excluding carboxylic acids is 2. The SMILES string of the molecule is CCC1Oc2ccc(NC(=O)c3cnc4ccccc4n3)cc2CN(Cc2ccccc2Cl)C1=O. The molecule has 1 aliphatic heterocycles. The third-order valence-corrected chi connectivity index (χ3v) is 6.28. The fourth-order valence-corrected chi connectivity index (χ4v) is 4.27. The molecule has 0 bridgehead atoms. The molecule has 1 aromatic heterocycles. The Morgan fingerprint density at radius 2 is 1.89 bits per heavy atom. The second-order valence-corrected chi connectivity index (χ2v) is 8.73. The number of halogens is 1. The highest BCUT2D eigenvalue weighted by atomic mass is 35.5. The molecule has 0 aliphatic carbocycles. The Morgan fingerprint density at radius 1 is 1.11 bits per heavy atom. The van der Waals surface area contributed by atoms with Gasteiger partial charge in [-0.3, -0.25) is 14.6 Å². The number of carbonyl (C=O) groups is 2. The van der Waals surface area contributed by atoms with Gasteiger partial charge in [-0.25, -0.2) is 4.98 Å². The summed E-state index contributed by atoms with van der Waals surface area (Å²) >= 11 is 6.35. The summed E-state index contributed by atoms with van der Waals surface area (Å²) in [6, 6.07) is 20.2. The zero-order valence-corrected chi connectivity index (χ0v) is 19.8. The Hall–Kier alpha value is -3.97. The van der Waals surface area contributed by atoms with Crippen molar-refractivity contribution in [2.24, 2.45) is 0 Å². The molecule has 35 heavy (non-hydrogen) atoms. The van der Waals surface area contributed by atoms with Crippen LogP contribution in [-0.2, 0) is 17.9 Å². The van der Waals surface area contributed by atoms with E-state index in [1.807, 2.05) is 61.5 Å². The lowest BCUT2D eigenvalue weighted by molar-refractivity contribution is -0.139. The summed E-state index contributed by atoms with van der Waals surface area (Å²) in [4.78, 5) is 36.5. The Kier molecular flexibility index (Phi) is 6.33. The number of hydrogen-bond donors (Lipinski definition) is 1. The predicted molar refractivity (Wildman–Crippen MR) is 134 cm³/mol. The third kappa shape index (κ3) is 4.81. The topological polar surface area (TPSA) is 84.4 Å². The van der Waals surface area contributed by atoms with Crippen molar-refractivity contribution < 1.29 is 14.3 Å². The molecule has 2 amide bonds. The summed E-state index contributed by atoms with van der Waals surface area (Å²) in [6.07, 6.45) is 1.41. The molecule has 8 heteroatoms. The summed E-state index contributed by atoms with van der Waals surface area (Å²) in [5, 5.41) is 3.49. The van der Waals surface area contributed by atoms with Gasteiger partial charge >= 0.3 is 0 Å². The van der Waals surface area contributed by atoms with E-state index < -0.39 is 6.10 Å². The molecule has 2 heterocycles. The van der Waals surface area contributed by atoms with Crippen molar-refractivity contribution in [2.45, 2.75) is 32.5 Å². The third-order valence-electron chi connectivity index (χ3n) is 5.91. The van der Waals surface area contributed by atoms with Crippen molar-refractivity contribution in [3.05, 3.63) is 94.8 Å². The first-order valence-corrected chi connectivity index (χ1v) is 11.7. The number of fused-ring (bicyclic) bond motifs is 2. The van der Waals surface area contributed by atoms with Gasteiger partial charge in [0, 0.05) is 29.4 Å². The maximum absolute atomic E-state index is 13.2. The van der Waals surface area contributed by atoms with E-state index in [2.05, 4.69) is 15.3 Å². The molecule has 1 atom stereocenters. The van der Waals surface area contributed by atoms with Crippen molar-refractivity contribution in [3.63, 3.8) is 0 Å². The lowest BCUT2D eigenvalue weighted by Gasteiger charge is -2.23. The van der Waals surface area contributed by atoms with Crippen LogP contribution in [0.5, 0.6) is 5.75 Å². The number of anilines is 1. The van der Waals surface area contributed by atoms with E-state index in [1.165, 1.54) is 6.20 Å². The second-order valence-electron chi connectivity index (χ2n) is 8.32. The van der Waals surface area contributed by atoms with Gasteiger partial charge in [0.25, 0.3) is 11.8 Å². The smallest absolute Gasteiger partial charge is 0.275 e. The fourth-order valence-electron chi connectivity index (χ4n) is 4.07. The van der Waals surface area contributed by atoms with Crippen LogP contribution in [0.3, 0.4) is 0 Å². The van der Waals surface area contributed by atoms with Crippen LogP contribution in [0.25, 0.3) is 11.0 Å². The molecule has 1 unspecified atom stereocenters. The molecule has 0 fully saturated rings. The molecule has 176 valence electrons. The minimum atomic E-state index is -0.591. The van der Waals surface area contributed by atoms with E-state index in [4.69, 9.17) is 16.3 Å². The zero-order chi connectivity index (χ0) is 24.4. The van der Waals surface area contributed by atoms with Crippen LogP contribution < -0.4 is 10.1 Å². The lowest BCUT2D eigenvalue weighted by Crippen LogP contribution is -2.38. The fraction of sp³-hybridized carbons (Fsp3) is 0.185. The van der Waals surface area contributed by atoms with Crippen molar-refractivity contribution in [1.29, 1.82) is 0 Å². The van der Waals surface area contributed by atoms with Crippen LogP contribution in [0.1, 0.15) is 35.0 Å². The Morgan fingerprint density at radius 3 is 2.69 bits per heavy atom. The summed E-state index contributed by atoms with van der Waals surface area (Å²) < 4.78 is 6.05. The van der Waals surface area contributed by atoms with Crippen molar-refractivity contribution in [2.75, 3.05) is 5.32 Å².